The Morgan fingerprint density at radius 3 is 0.600 bits per heavy atom. The Morgan fingerprint density at radius 1 is 0.600 bits per heavy atom. The van der Waals surface area contributed by atoms with E-state index in [4.69, 9.17) is 9.93 Å². The monoisotopic (exact) mass is 80.1 g/mol. The maximum Gasteiger partial charge on any atom is 0 e. The molecule has 0 saturated carbocycles. The van der Waals surface area contributed by atoms with Crippen LogP contribution < -0.4 is 0 Å². The van der Waals surface area contributed by atoms with Crippen LogP contribution in [-0.4, -0.2) is 0 Å². The van der Waals surface area contributed by atoms with Crippen LogP contribution in [0.1, 0.15) is 22.3 Å². The summed E-state index contributed by atoms with van der Waals surface area (Å²) < 4.78 is 0. The van der Waals surface area contributed by atoms with Crippen molar-refractivity contribution in [3.05, 3.63) is 9.93 Å². The lowest BCUT2D eigenvalue weighted by molar-refractivity contribution is 2.50. The second kappa shape index (κ2) is 152. The van der Waals surface area contributed by atoms with Gasteiger partial charge in [-0.3, -0.25) is 0 Å². The maximum absolute atomic E-state index is 7.00. The van der Waals surface area contributed by atoms with Gasteiger partial charge in [0.1, 0.15) is 0 Å². The Balaban J connectivity index is -0.00000000167. The molecule has 0 rings (SSSR count). The van der Waals surface area contributed by atoms with Gasteiger partial charge in [0.15, 0.2) is 0 Å². The van der Waals surface area contributed by atoms with E-state index in [9.17, 15) is 0 Å². The summed E-state index contributed by atoms with van der Waals surface area (Å²) in [6.07, 6.45) is 0. The van der Waals surface area contributed by atoms with E-state index >= 15 is 0 Å². The van der Waals surface area contributed by atoms with E-state index in [2.05, 4.69) is 0 Å². The first kappa shape index (κ1) is 166. The van der Waals surface area contributed by atoms with Crippen molar-refractivity contribution in [2.45, 2.75) is 22.3 Å². The van der Waals surface area contributed by atoms with Crippen molar-refractivity contribution in [1.82, 2.24) is 0 Å². The first-order valence-corrected chi connectivity index (χ1v) is 0.167. The number of rotatable bonds is 0. The van der Waals surface area contributed by atoms with Crippen molar-refractivity contribution < 1.29 is 0 Å². The van der Waals surface area contributed by atoms with E-state index in [1.165, 1.54) is 0 Å². The van der Waals surface area contributed by atoms with E-state index in [0.29, 0.717) is 0 Å². The molecule has 0 aromatic rings. The molecule has 5 heavy (non-hydrogen) atoms. The third-order valence-corrected chi connectivity index (χ3v) is 0. The number of hydrogen-bond acceptors (Lipinski definition) is 2. The average molecular weight is 80.1 g/mol. The Hall–Kier alpha value is -0.400. The Bertz CT molecular complexity index is 4.85. The topological polar surface area (TPSA) is 34.1 Å². The highest BCUT2D eigenvalue weighted by Gasteiger charge is 0.707. The molecule has 0 aliphatic carbocycles. The van der Waals surface area contributed by atoms with Gasteiger partial charge < -0.3 is 0 Å². The van der Waals surface area contributed by atoms with Crippen LogP contribution in [0.2, 0.25) is 0 Å². The molecule has 0 spiro atoms. The van der Waals surface area contributed by atoms with Gasteiger partial charge in [0.25, 0.3) is 0 Å². The van der Waals surface area contributed by atoms with Crippen molar-refractivity contribution in [3.63, 3.8) is 0 Å². The van der Waals surface area contributed by atoms with Crippen molar-refractivity contribution >= 4 is 0 Å². The van der Waals surface area contributed by atoms with E-state index < -0.39 is 0 Å². The number of hydrogen-bond donors (Lipinski definition) is 0. The average Bonchev–Trinajstić information content (AvgIpc) is 1.00. The molecule has 0 saturated heterocycles. The fourth-order valence-electron chi connectivity index (χ4n) is 0. The molecular formula is C3H12O2. The molecule has 36 valence electrons. The Labute approximate surface area is 33.4 Å². The van der Waals surface area contributed by atoms with Crippen LogP contribution in [0.15, 0.2) is 0 Å². The zero-order valence-electron chi connectivity index (χ0n) is 0.816. The van der Waals surface area contributed by atoms with Gasteiger partial charge in [-0.25, -0.2) is 0 Å². The molecular weight excluding hydrogens is 68.0 g/mol. The lowest BCUT2D eigenvalue weighted by Gasteiger charge is -0.707. The Kier molecular flexibility index (Phi) is 5040. The predicted molar refractivity (Wildman–Crippen MR) is 26.9 cm³/mol. The molecule has 0 fully saturated rings. The zero-order valence-corrected chi connectivity index (χ0v) is 0.816. The second-order valence-corrected chi connectivity index (χ2v) is 0. The summed E-state index contributed by atoms with van der Waals surface area (Å²) in [6, 6.07) is 0. The van der Waals surface area contributed by atoms with Gasteiger partial charge in [0, 0.05) is 9.93 Å². The molecule has 0 aliphatic heterocycles. The highest BCUT2D eigenvalue weighted by atomic mass is 16.7. The molecule has 0 aromatic heterocycles. The second-order valence-electron chi connectivity index (χ2n) is 0. The summed E-state index contributed by atoms with van der Waals surface area (Å²) in [7, 11) is 0. The van der Waals surface area contributed by atoms with Crippen LogP contribution in [-0.2, 0) is 0 Å². The first-order chi connectivity index (χ1) is 1.00. The molecule has 0 aromatic carbocycles. The molecule has 2 nitrogen and oxygen atoms in total. The third kappa shape index (κ3) is 57.6. The molecule has 0 aliphatic rings. The molecule has 0 bridgehead atoms. The van der Waals surface area contributed by atoms with Crippen LogP contribution in [0.3, 0.4) is 0 Å². The minimum atomic E-state index is 0. The quantitative estimate of drug-likeness (QED) is 0.445. The van der Waals surface area contributed by atoms with Crippen molar-refractivity contribution in [1.29, 1.82) is 0 Å². The van der Waals surface area contributed by atoms with Crippen LogP contribution in [0, 0.1) is 9.93 Å². The highest BCUT2D eigenvalue weighted by Crippen LogP contribution is 0.741. The van der Waals surface area contributed by atoms with Crippen LogP contribution in [0.4, 0.5) is 0 Å². The first-order valence-electron chi connectivity index (χ1n) is 0.167. The fourth-order valence-corrected chi connectivity index (χ4v) is 0. The third-order valence-electron chi connectivity index (χ3n) is 0. The van der Waals surface area contributed by atoms with Gasteiger partial charge in [0.05, 0.1) is 0 Å². The summed E-state index contributed by atoms with van der Waals surface area (Å²) in [5, 5.41) is 0. The van der Waals surface area contributed by atoms with Crippen molar-refractivity contribution in [3.8, 4) is 0 Å². The molecule has 0 N–H and O–H groups in total. The van der Waals surface area contributed by atoms with Gasteiger partial charge >= 0.3 is 0 Å². The Morgan fingerprint density at radius 2 is 0.600 bits per heavy atom. The molecule has 0 unspecified atom stereocenters. The molecule has 0 radical (unpaired) electrons. The normalized spacial score (nSPS) is 0.800. The minimum absolute atomic E-state index is 0. The smallest absolute Gasteiger partial charge is 0 e. The maximum atomic E-state index is 7.00. The van der Waals surface area contributed by atoms with Crippen molar-refractivity contribution in [2.75, 3.05) is 0 Å². The SMILES string of the molecule is C.C.C.O=O. The largest absolute Gasteiger partial charge is 0.0776 e. The van der Waals surface area contributed by atoms with E-state index in [1.807, 2.05) is 0 Å². The highest BCUT2D eigenvalue weighted by molar-refractivity contribution is 4.07. The summed E-state index contributed by atoms with van der Waals surface area (Å²) >= 11 is 0. The van der Waals surface area contributed by atoms with Gasteiger partial charge in [-0.05, 0) is 0 Å². The van der Waals surface area contributed by atoms with Gasteiger partial charge in [-0.2, -0.15) is 0 Å². The summed E-state index contributed by atoms with van der Waals surface area (Å²) in [4.78, 5) is 14.0. The van der Waals surface area contributed by atoms with Gasteiger partial charge in [-0.1, -0.05) is 22.3 Å². The fraction of sp³-hybridized carbons (Fsp3) is 1.00. The molecule has 0 heterocycles. The predicted octanol–water partition coefficient (Wildman–Crippen LogP) is 1.98. The van der Waals surface area contributed by atoms with Gasteiger partial charge in [-0.15, -0.1) is 0 Å². The summed E-state index contributed by atoms with van der Waals surface area (Å²) in [5.41, 5.74) is 0. The standard InChI is InChI=1S/3CH4.O2/c;;;1-2/h3*1H4;. The van der Waals surface area contributed by atoms with Gasteiger partial charge in [0.2, 0.25) is 0 Å². The lowest BCUT2D eigenvalue weighted by Crippen LogP contribution is -0.674. The molecule has 2 heteroatoms. The van der Waals surface area contributed by atoms with E-state index in [-0.39, 0.29) is 22.3 Å². The minimum Gasteiger partial charge on any atom is -0.0776 e. The zero-order chi connectivity index (χ0) is 2.00. The molecule has 0 amide bonds. The van der Waals surface area contributed by atoms with Crippen molar-refractivity contribution in [2.24, 2.45) is 0 Å². The lowest BCUT2D eigenvalue weighted by atomic mass is 12.0. The summed E-state index contributed by atoms with van der Waals surface area (Å²) in [5.74, 6) is 0. The molecule has 0 atom stereocenters. The summed E-state index contributed by atoms with van der Waals surface area (Å²) in [6.45, 7) is 0. The van der Waals surface area contributed by atoms with Crippen LogP contribution in [0.5, 0.6) is 0 Å². The van der Waals surface area contributed by atoms with Crippen LogP contribution >= 0.6 is 0 Å². The van der Waals surface area contributed by atoms with E-state index in [0.717, 1.165) is 0 Å². The van der Waals surface area contributed by atoms with E-state index in [1.54, 1.807) is 0 Å². The van der Waals surface area contributed by atoms with Crippen LogP contribution in [0.25, 0.3) is 0 Å².